The Bertz CT molecular complexity index is 398. The van der Waals surface area contributed by atoms with Crippen LogP contribution in [0.15, 0.2) is 18.2 Å². The zero-order valence-electron chi connectivity index (χ0n) is 9.80. The first kappa shape index (κ1) is 14.0. The van der Waals surface area contributed by atoms with Crippen molar-refractivity contribution in [3.8, 4) is 5.75 Å². The maximum atomic E-state index is 13.5. The fourth-order valence-corrected chi connectivity index (χ4v) is 1.45. The Hall–Kier alpha value is -1.10. The standard InChI is InChI=1S/C12H15BrFNO2/c1-8(6-13)7-15-12(16)10-4-3-9(17-2)5-11(10)14/h3-5,8H,6-7H2,1-2H3,(H,15,16). The molecule has 0 aromatic heterocycles. The van der Waals surface area contributed by atoms with Gasteiger partial charge in [0, 0.05) is 17.9 Å². The van der Waals surface area contributed by atoms with E-state index in [4.69, 9.17) is 4.74 Å². The van der Waals surface area contributed by atoms with Crippen LogP contribution in [0.2, 0.25) is 0 Å². The lowest BCUT2D eigenvalue weighted by molar-refractivity contribution is 0.0945. The van der Waals surface area contributed by atoms with E-state index in [1.54, 1.807) is 6.07 Å². The number of benzene rings is 1. The van der Waals surface area contributed by atoms with Crippen molar-refractivity contribution in [3.63, 3.8) is 0 Å². The van der Waals surface area contributed by atoms with Crippen LogP contribution in [-0.2, 0) is 0 Å². The van der Waals surface area contributed by atoms with E-state index in [0.29, 0.717) is 18.2 Å². The maximum absolute atomic E-state index is 13.5. The van der Waals surface area contributed by atoms with Gasteiger partial charge >= 0.3 is 0 Å². The summed E-state index contributed by atoms with van der Waals surface area (Å²) >= 11 is 3.31. The topological polar surface area (TPSA) is 38.3 Å². The van der Waals surface area contributed by atoms with Crippen LogP contribution >= 0.6 is 15.9 Å². The van der Waals surface area contributed by atoms with Gasteiger partial charge in [-0.05, 0) is 18.1 Å². The van der Waals surface area contributed by atoms with Crippen molar-refractivity contribution in [2.24, 2.45) is 5.92 Å². The van der Waals surface area contributed by atoms with Crippen molar-refractivity contribution in [2.75, 3.05) is 19.0 Å². The number of rotatable bonds is 5. The molecule has 5 heteroatoms. The highest BCUT2D eigenvalue weighted by Crippen LogP contribution is 2.16. The minimum Gasteiger partial charge on any atom is -0.497 e. The van der Waals surface area contributed by atoms with E-state index in [-0.39, 0.29) is 5.56 Å². The van der Waals surface area contributed by atoms with Crippen LogP contribution in [0, 0.1) is 11.7 Å². The zero-order valence-corrected chi connectivity index (χ0v) is 11.4. The molecule has 1 rings (SSSR count). The Kier molecular flexibility index (Phi) is 5.41. The number of carbonyl (C=O) groups excluding carboxylic acids is 1. The van der Waals surface area contributed by atoms with Gasteiger partial charge < -0.3 is 10.1 Å². The minimum absolute atomic E-state index is 0.0348. The Morgan fingerprint density at radius 2 is 2.29 bits per heavy atom. The van der Waals surface area contributed by atoms with Gasteiger partial charge in [0.05, 0.1) is 12.7 Å². The summed E-state index contributed by atoms with van der Waals surface area (Å²) in [7, 11) is 1.45. The molecule has 0 saturated heterocycles. The predicted molar refractivity (Wildman–Crippen MR) is 68.2 cm³/mol. The van der Waals surface area contributed by atoms with Crippen LogP contribution in [-0.4, -0.2) is 24.9 Å². The van der Waals surface area contributed by atoms with E-state index in [0.717, 1.165) is 5.33 Å². The summed E-state index contributed by atoms with van der Waals surface area (Å²) in [6.45, 7) is 2.50. The summed E-state index contributed by atoms with van der Waals surface area (Å²) in [5.74, 6) is -0.278. The van der Waals surface area contributed by atoms with Gasteiger partial charge in [-0.3, -0.25) is 4.79 Å². The van der Waals surface area contributed by atoms with Gasteiger partial charge in [-0.1, -0.05) is 22.9 Å². The quantitative estimate of drug-likeness (QED) is 0.849. The number of hydrogen-bond donors (Lipinski definition) is 1. The number of halogens is 2. The number of alkyl halides is 1. The molecule has 0 bridgehead atoms. The summed E-state index contributed by atoms with van der Waals surface area (Å²) < 4.78 is 18.4. The molecule has 0 saturated carbocycles. The molecule has 1 aromatic carbocycles. The molecule has 0 heterocycles. The first-order chi connectivity index (χ1) is 8.08. The Labute approximate surface area is 108 Å². The molecule has 94 valence electrons. The normalized spacial score (nSPS) is 12.0. The molecule has 0 aliphatic heterocycles. The zero-order chi connectivity index (χ0) is 12.8. The molecule has 17 heavy (non-hydrogen) atoms. The third-order valence-corrected chi connectivity index (χ3v) is 3.40. The monoisotopic (exact) mass is 303 g/mol. The van der Waals surface area contributed by atoms with E-state index < -0.39 is 11.7 Å². The highest BCUT2D eigenvalue weighted by Gasteiger charge is 2.12. The average molecular weight is 304 g/mol. The largest absolute Gasteiger partial charge is 0.497 e. The Balaban J connectivity index is 2.69. The number of carbonyl (C=O) groups is 1. The molecule has 0 fully saturated rings. The molecule has 0 radical (unpaired) electrons. The predicted octanol–water partition coefficient (Wildman–Crippen LogP) is 2.60. The van der Waals surface area contributed by atoms with Crippen molar-refractivity contribution in [1.29, 1.82) is 0 Å². The second-order valence-electron chi connectivity index (χ2n) is 3.82. The van der Waals surface area contributed by atoms with Gasteiger partial charge in [0.1, 0.15) is 11.6 Å². The Morgan fingerprint density at radius 1 is 1.59 bits per heavy atom. The molecule has 0 aliphatic carbocycles. The van der Waals surface area contributed by atoms with Crippen molar-refractivity contribution in [2.45, 2.75) is 6.92 Å². The van der Waals surface area contributed by atoms with Crippen LogP contribution in [0.1, 0.15) is 17.3 Å². The van der Waals surface area contributed by atoms with Crippen molar-refractivity contribution in [3.05, 3.63) is 29.6 Å². The number of nitrogens with one attached hydrogen (secondary N) is 1. The SMILES string of the molecule is COc1ccc(C(=O)NCC(C)CBr)c(F)c1. The third-order valence-electron chi connectivity index (χ3n) is 2.30. The third kappa shape index (κ3) is 4.00. The van der Waals surface area contributed by atoms with Gasteiger partial charge in [0.2, 0.25) is 0 Å². The molecule has 1 amide bonds. The van der Waals surface area contributed by atoms with Crippen LogP contribution in [0.25, 0.3) is 0 Å². The first-order valence-corrected chi connectivity index (χ1v) is 6.38. The second kappa shape index (κ2) is 6.59. The number of methoxy groups -OCH3 is 1. The van der Waals surface area contributed by atoms with E-state index in [2.05, 4.69) is 21.2 Å². The molecule has 0 spiro atoms. The smallest absolute Gasteiger partial charge is 0.254 e. The fraction of sp³-hybridized carbons (Fsp3) is 0.417. The summed E-state index contributed by atoms with van der Waals surface area (Å²) in [4.78, 5) is 11.7. The van der Waals surface area contributed by atoms with Crippen LogP contribution in [0.4, 0.5) is 4.39 Å². The van der Waals surface area contributed by atoms with Crippen molar-refractivity contribution >= 4 is 21.8 Å². The molecule has 1 aromatic rings. The fourth-order valence-electron chi connectivity index (χ4n) is 1.22. The van der Waals surface area contributed by atoms with Crippen molar-refractivity contribution in [1.82, 2.24) is 5.32 Å². The highest BCUT2D eigenvalue weighted by atomic mass is 79.9. The second-order valence-corrected chi connectivity index (χ2v) is 4.46. The van der Waals surface area contributed by atoms with Crippen LogP contribution < -0.4 is 10.1 Å². The minimum atomic E-state index is -0.576. The summed E-state index contributed by atoms with van der Waals surface area (Å²) in [6.07, 6.45) is 0. The van der Waals surface area contributed by atoms with Crippen molar-refractivity contribution < 1.29 is 13.9 Å². The molecular formula is C12H15BrFNO2. The summed E-state index contributed by atoms with van der Waals surface area (Å²) in [5.41, 5.74) is 0.0348. The molecule has 1 atom stereocenters. The van der Waals surface area contributed by atoms with Gasteiger partial charge in [-0.25, -0.2) is 4.39 Å². The Morgan fingerprint density at radius 3 is 2.82 bits per heavy atom. The molecule has 1 N–H and O–H groups in total. The molecule has 0 aliphatic rings. The molecule has 1 unspecified atom stereocenters. The summed E-state index contributed by atoms with van der Waals surface area (Å²) in [6, 6.07) is 4.18. The average Bonchev–Trinajstić information content (AvgIpc) is 2.35. The van der Waals surface area contributed by atoms with Gasteiger partial charge in [0.25, 0.3) is 5.91 Å². The van der Waals surface area contributed by atoms with Crippen LogP contribution in [0.5, 0.6) is 5.75 Å². The van der Waals surface area contributed by atoms with Gasteiger partial charge in [0.15, 0.2) is 0 Å². The lowest BCUT2D eigenvalue weighted by Crippen LogP contribution is -2.29. The summed E-state index contributed by atoms with van der Waals surface area (Å²) in [5, 5.41) is 3.47. The lowest BCUT2D eigenvalue weighted by Gasteiger charge is -2.10. The van der Waals surface area contributed by atoms with Gasteiger partial charge in [-0.2, -0.15) is 0 Å². The first-order valence-electron chi connectivity index (χ1n) is 5.26. The molecule has 3 nitrogen and oxygen atoms in total. The van der Waals surface area contributed by atoms with Crippen LogP contribution in [0.3, 0.4) is 0 Å². The van der Waals surface area contributed by atoms with E-state index >= 15 is 0 Å². The number of amides is 1. The van der Waals surface area contributed by atoms with E-state index in [1.165, 1.54) is 19.2 Å². The number of ether oxygens (including phenoxy) is 1. The molecular weight excluding hydrogens is 289 g/mol. The van der Waals surface area contributed by atoms with E-state index in [1.807, 2.05) is 6.92 Å². The lowest BCUT2D eigenvalue weighted by atomic mass is 10.1. The highest BCUT2D eigenvalue weighted by molar-refractivity contribution is 9.09. The van der Waals surface area contributed by atoms with E-state index in [9.17, 15) is 9.18 Å². The van der Waals surface area contributed by atoms with Gasteiger partial charge in [-0.15, -0.1) is 0 Å². The maximum Gasteiger partial charge on any atom is 0.254 e. The number of hydrogen-bond acceptors (Lipinski definition) is 2.